The van der Waals surface area contributed by atoms with E-state index in [2.05, 4.69) is 0 Å². The number of nitro groups is 1. The van der Waals surface area contributed by atoms with E-state index < -0.39 is 47.0 Å². The number of rotatable bonds is 5. The van der Waals surface area contributed by atoms with Crippen molar-refractivity contribution in [2.24, 2.45) is 0 Å². The summed E-state index contributed by atoms with van der Waals surface area (Å²) in [6, 6.07) is 1.65. The van der Waals surface area contributed by atoms with Crippen LogP contribution in [0.3, 0.4) is 0 Å². The van der Waals surface area contributed by atoms with Gasteiger partial charge in [0.2, 0.25) is 0 Å². The predicted molar refractivity (Wildman–Crippen MR) is 62.1 cm³/mol. The Morgan fingerprint density at radius 3 is 2.60 bits per heavy atom. The van der Waals surface area contributed by atoms with Crippen molar-refractivity contribution in [2.75, 3.05) is 6.54 Å². The lowest BCUT2D eigenvalue weighted by atomic mass is 10.1. The third-order valence-electron chi connectivity index (χ3n) is 2.46. The minimum absolute atomic E-state index is 0.126. The number of hydrogen-bond acceptors (Lipinski definition) is 4. The molecule has 0 spiro atoms. The van der Waals surface area contributed by atoms with Gasteiger partial charge in [-0.1, -0.05) is 0 Å². The van der Waals surface area contributed by atoms with Crippen molar-refractivity contribution >= 4 is 11.6 Å². The molecule has 110 valence electrons. The van der Waals surface area contributed by atoms with Gasteiger partial charge in [0.25, 0.3) is 18.0 Å². The third-order valence-corrected chi connectivity index (χ3v) is 2.46. The van der Waals surface area contributed by atoms with E-state index in [9.17, 15) is 28.1 Å². The van der Waals surface area contributed by atoms with Crippen LogP contribution in [-0.2, 0) is 0 Å². The molecule has 9 heteroatoms. The summed E-state index contributed by atoms with van der Waals surface area (Å²) in [6.45, 7) is 0.435. The molecule has 1 aromatic carbocycles. The van der Waals surface area contributed by atoms with Crippen molar-refractivity contribution in [3.8, 4) is 0 Å². The monoisotopic (exact) mass is 292 g/mol. The summed E-state index contributed by atoms with van der Waals surface area (Å²) in [5, 5.41) is 21.3. The number of alkyl halides is 2. The number of benzene rings is 1. The van der Waals surface area contributed by atoms with Crippen LogP contribution >= 0.6 is 0 Å². The van der Waals surface area contributed by atoms with Crippen LogP contribution in [0.4, 0.5) is 18.9 Å². The Bertz CT molecular complexity index is 537. The zero-order valence-electron chi connectivity index (χ0n) is 10.3. The molecule has 1 amide bonds. The topological polar surface area (TPSA) is 92.5 Å². The molecule has 20 heavy (non-hydrogen) atoms. The number of aryl methyl sites for hydroxylation is 1. The van der Waals surface area contributed by atoms with Gasteiger partial charge in [0.05, 0.1) is 10.5 Å². The van der Waals surface area contributed by atoms with Gasteiger partial charge in [0, 0.05) is 18.7 Å². The highest BCUT2D eigenvalue weighted by molar-refractivity contribution is 5.95. The van der Waals surface area contributed by atoms with Crippen LogP contribution in [0.5, 0.6) is 0 Å². The first-order chi connectivity index (χ1) is 9.23. The van der Waals surface area contributed by atoms with E-state index in [1.54, 1.807) is 0 Å². The molecule has 1 unspecified atom stereocenters. The summed E-state index contributed by atoms with van der Waals surface area (Å²) in [5.74, 6) is -2.10. The van der Waals surface area contributed by atoms with E-state index in [0.29, 0.717) is 6.07 Å². The number of nitro benzene ring substituents is 1. The SMILES string of the molecule is Cc1cc([N+](=O)[O-])cc(C(=O)NCC(O)C(F)F)c1F. The lowest BCUT2D eigenvalue weighted by Crippen LogP contribution is -2.36. The van der Waals surface area contributed by atoms with Crippen LogP contribution in [0.2, 0.25) is 0 Å². The van der Waals surface area contributed by atoms with E-state index in [1.807, 2.05) is 5.32 Å². The minimum Gasteiger partial charge on any atom is -0.385 e. The Kier molecular flexibility index (Phi) is 5.03. The molecule has 0 saturated carbocycles. The van der Waals surface area contributed by atoms with Crippen LogP contribution in [0.15, 0.2) is 12.1 Å². The fourth-order valence-corrected chi connectivity index (χ4v) is 1.40. The van der Waals surface area contributed by atoms with Crippen molar-refractivity contribution in [3.05, 3.63) is 39.2 Å². The van der Waals surface area contributed by atoms with Gasteiger partial charge in [-0.25, -0.2) is 13.2 Å². The number of halogens is 3. The third kappa shape index (κ3) is 3.67. The molecule has 1 aromatic rings. The van der Waals surface area contributed by atoms with E-state index in [4.69, 9.17) is 5.11 Å². The number of carbonyl (C=O) groups is 1. The van der Waals surface area contributed by atoms with E-state index >= 15 is 0 Å². The van der Waals surface area contributed by atoms with Gasteiger partial charge in [0.15, 0.2) is 0 Å². The highest BCUT2D eigenvalue weighted by Gasteiger charge is 2.22. The maximum absolute atomic E-state index is 13.7. The van der Waals surface area contributed by atoms with Gasteiger partial charge in [-0.05, 0) is 12.5 Å². The van der Waals surface area contributed by atoms with Gasteiger partial charge < -0.3 is 10.4 Å². The molecule has 0 aliphatic heterocycles. The summed E-state index contributed by atoms with van der Waals surface area (Å²) in [4.78, 5) is 21.4. The van der Waals surface area contributed by atoms with Crippen LogP contribution in [0.1, 0.15) is 15.9 Å². The molecular weight excluding hydrogens is 281 g/mol. The highest BCUT2D eigenvalue weighted by atomic mass is 19.3. The maximum Gasteiger partial charge on any atom is 0.270 e. The van der Waals surface area contributed by atoms with Gasteiger partial charge in [0.1, 0.15) is 11.9 Å². The molecule has 0 saturated heterocycles. The number of aliphatic hydroxyl groups is 1. The molecular formula is C11H11F3N2O4. The average Bonchev–Trinajstić information content (AvgIpc) is 2.37. The lowest BCUT2D eigenvalue weighted by molar-refractivity contribution is -0.385. The van der Waals surface area contributed by atoms with E-state index in [-0.39, 0.29) is 5.56 Å². The molecule has 0 fully saturated rings. The average molecular weight is 292 g/mol. The van der Waals surface area contributed by atoms with Gasteiger partial charge in [-0.3, -0.25) is 14.9 Å². The smallest absolute Gasteiger partial charge is 0.270 e. The second kappa shape index (κ2) is 6.33. The Hall–Kier alpha value is -2.16. The number of hydrogen-bond donors (Lipinski definition) is 2. The standard InChI is InChI=1S/C11H11F3N2O4/c1-5-2-6(16(19)20)3-7(9(5)12)11(18)15-4-8(17)10(13)14/h2-3,8,10,17H,4H2,1H3,(H,15,18). The molecule has 0 aliphatic carbocycles. The summed E-state index contributed by atoms with van der Waals surface area (Å²) >= 11 is 0. The fourth-order valence-electron chi connectivity index (χ4n) is 1.40. The maximum atomic E-state index is 13.7. The van der Waals surface area contributed by atoms with Crippen molar-refractivity contribution in [3.63, 3.8) is 0 Å². The van der Waals surface area contributed by atoms with Gasteiger partial charge in [-0.15, -0.1) is 0 Å². The zero-order chi connectivity index (χ0) is 15.4. The molecule has 0 aliphatic rings. The Labute approximate surface area is 111 Å². The Morgan fingerprint density at radius 2 is 2.10 bits per heavy atom. The molecule has 0 heterocycles. The minimum atomic E-state index is -3.06. The molecule has 0 radical (unpaired) electrons. The summed E-state index contributed by atoms with van der Waals surface area (Å²) < 4.78 is 37.7. The van der Waals surface area contributed by atoms with Crippen molar-refractivity contribution < 1.29 is 28.0 Å². The van der Waals surface area contributed by atoms with Gasteiger partial charge >= 0.3 is 0 Å². The van der Waals surface area contributed by atoms with Crippen molar-refractivity contribution in [2.45, 2.75) is 19.5 Å². The summed E-state index contributed by atoms with van der Waals surface area (Å²) in [6.07, 6.45) is -5.16. The molecule has 1 rings (SSSR count). The summed E-state index contributed by atoms with van der Waals surface area (Å²) in [7, 11) is 0. The van der Waals surface area contributed by atoms with Crippen LogP contribution < -0.4 is 5.32 Å². The number of nitrogens with one attached hydrogen (secondary N) is 1. The largest absolute Gasteiger partial charge is 0.385 e. The number of nitrogens with zero attached hydrogens (tertiary/aromatic N) is 1. The van der Waals surface area contributed by atoms with Crippen LogP contribution in [0.25, 0.3) is 0 Å². The molecule has 0 bridgehead atoms. The first kappa shape index (κ1) is 15.9. The number of amides is 1. The molecule has 6 nitrogen and oxygen atoms in total. The van der Waals surface area contributed by atoms with Crippen LogP contribution in [0, 0.1) is 22.9 Å². The Balaban J connectivity index is 2.95. The first-order valence-corrected chi connectivity index (χ1v) is 5.43. The van der Waals surface area contributed by atoms with E-state index in [0.717, 1.165) is 6.07 Å². The highest BCUT2D eigenvalue weighted by Crippen LogP contribution is 2.21. The first-order valence-electron chi connectivity index (χ1n) is 5.43. The normalized spacial score (nSPS) is 12.3. The second-order valence-electron chi connectivity index (χ2n) is 3.99. The molecule has 0 aromatic heterocycles. The fraction of sp³-hybridized carbons (Fsp3) is 0.364. The summed E-state index contributed by atoms with van der Waals surface area (Å²) in [5.41, 5.74) is -1.26. The quantitative estimate of drug-likeness (QED) is 0.633. The number of carbonyl (C=O) groups excluding carboxylic acids is 1. The zero-order valence-corrected chi connectivity index (χ0v) is 10.3. The van der Waals surface area contributed by atoms with Crippen molar-refractivity contribution in [1.29, 1.82) is 0 Å². The number of non-ortho nitro benzene ring substituents is 1. The molecule has 2 N–H and O–H groups in total. The predicted octanol–water partition coefficient (Wildman–Crippen LogP) is 1.40. The van der Waals surface area contributed by atoms with Crippen molar-refractivity contribution in [1.82, 2.24) is 5.32 Å². The number of aliphatic hydroxyl groups excluding tert-OH is 1. The van der Waals surface area contributed by atoms with Crippen LogP contribution in [-0.4, -0.2) is 35.0 Å². The molecule has 1 atom stereocenters. The lowest BCUT2D eigenvalue weighted by Gasteiger charge is -2.11. The van der Waals surface area contributed by atoms with Gasteiger partial charge in [-0.2, -0.15) is 0 Å². The van der Waals surface area contributed by atoms with E-state index in [1.165, 1.54) is 6.92 Å². The Morgan fingerprint density at radius 1 is 1.50 bits per heavy atom. The second-order valence-corrected chi connectivity index (χ2v) is 3.99.